The second-order valence-electron chi connectivity index (χ2n) is 5.73. The van der Waals surface area contributed by atoms with Crippen LogP contribution >= 0.6 is 0 Å². The van der Waals surface area contributed by atoms with Gasteiger partial charge < -0.3 is 14.8 Å². The second kappa shape index (κ2) is 6.64. The Morgan fingerprint density at radius 1 is 1.17 bits per heavy atom. The number of carbonyl (C=O) groups excluding carboxylic acids is 1. The molecule has 0 unspecified atom stereocenters. The lowest BCUT2D eigenvalue weighted by Crippen LogP contribution is -2.35. The van der Waals surface area contributed by atoms with Crippen LogP contribution in [0.5, 0.6) is 0 Å². The molecule has 3 rings (SSSR count). The van der Waals surface area contributed by atoms with E-state index in [0.717, 1.165) is 37.4 Å². The summed E-state index contributed by atoms with van der Waals surface area (Å²) in [5.74, 6) is -0.0333. The van der Waals surface area contributed by atoms with Crippen LogP contribution in [0, 0.1) is 6.92 Å². The summed E-state index contributed by atoms with van der Waals surface area (Å²) in [4.78, 5) is 34.6. The molecule has 120 valence electrons. The van der Waals surface area contributed by atoms with Gasteiger partial charge in [0.1, 0.15) is 0 Å². The molecule has 1 aliphatic rings. The van der Waals surface area contributed by atoms with Gasteiger partial charge in [-0.3, -0.25) is 14.6 Å². The van der Waals surface area contributed by atoms with Crippen molar-refractivity contribution in [1.82, 2.24) is 14.9 Å². The summed E-state index contributed by atoms with van der Waals surface area (Å²) >= 11 is 0. The zero-order valence-corrected chi connectivity index (χ0v) is 13.2. The third-order valence-electron chi connectivity index (χ3n) is 4.06. The van der Waals surface area contributed by atoms with E-state index in [1.165, 1.54) is 12.3 Å². The molecular weight excluding hydrogens is 292 g/mol. The predicted octanol–water partition coefficient (Wildman–Crippen LogP) is 1.43. The molecule has 0 spiro atoms. The van der Waals surface area contributed by atoms with Crippen molar-refractivity contribution in [2.45, 2.75) is 13.3 Å². The Bertz CT molecular complexity index is 736. The van der Waals surface area contributed by atoms with Gasteiger partial charge in [-0.05, 0) is 31.5 Å². The van der Waals surface area contributed by atoms with Gasteiger partial charge in [0.25, 0.3) is 5.91 Å². The average molecular weight is 312 g/mol. The minimum absolute atomic E-state index is 0.0333. The maximum atomic E-state index is 12.5. The van der Waals surface area contributed by atoms with E-state index >= 15 is 0 Å². The third kappa shape index (κ3) is 3.59. The van der Waals surface area contributed by atoms with E-state index in [-0.39, 0.29) is 11.5 Å². The van der Waals surface area contributed by atoms with E-state index < -0.39 is 0 Å². The Kier molecular flexibility index (Phi) is 4.41. The van der Waals surface area contributed by atoms with Crippen LogP contribution in [0.4, 0.5) is 5.69 Å². The fraction of sp³-hybridized carbons (Fsp3) is 0.353. The number of pyridine rings is 2. The van der Waals surface area contributed by atoms with Gasteiger partial charge in [0.05, 0.1) is 5.56 Å². The number of anilines is 1. The van der Waals surface area contributed by atoms with Crippen molar-refractivity contribution in [3.63, 3.8) is 0 Å². The molecule has 3 heterocycles. The van der Waals surface area contributed by atoms with Crippen LogP contribution in [0.1, 0.15) is 22.5 Å². The molecule has 1 N–H and O–H groups in total. The zero-order chi connectivity index (χ0) is 16.2. The topological polar surface area (TPSA) is 69.3 Å². The van der Waals surface area contributed by atoms with Gasteiger partial charge >= 0.3 is 0 Å². The standard InChI is InChI=1S/C17H20N4O2/c1-13-11-15(5-6-18-13)20-7-2-8-21(10-9-20)17(23)14-3-4-16(22)19-12-14/h3-6,11-12H,2,7-10H2,1H3,(H,19,22). The summed E-state index contributed by atoms with van der Waals surface area (Å²) in [5, 5.41) is 0. The highest BCUT2D eigenvalue weighted by Crippen LogP contribution is 2.17. The van der Waals surface area contributed by atoms with E-state index in [1.54, 1.807) is 6.07 Å². The van der Waals surface area contributed by atoms with Crippen LogP contribution in [0.25, 0.3) is 0 Å². The summed E-state index contributed by atoms with van der Waals surface area (Å²) in [6.07, 6.45) is 4.22. The predicted molar refractivity (Wildman–Crippen MR) is 88.8 cm³/mol. The molecule has 1 saturated heterocycles. The number of nitrogens with one attached hydrogen (secondary N) is 1. The lowest BCUT2D eigenvalue weighted by molar-refractivity contribution is 0.0766. The summed E-state index contributed by atoms with van der Waals surface area (Å²) in [6, 6.07) is 7.04. The van der Waals surface area contributed by atoms with Gasteiger partial charge in [-0.2, -0.15) is 0 Å². The van der Waals surface area contributed by atoms with E-state index in [9.17, 15) is 9.59 Å². The monoisotopic (exact) mass is 312 g/mol. The van der Waals surface area contributed by atoms with Gasteiger partial charge in [0.2, 0.25) is 5.56 Å². The van der Waals surface area contributed by atoms with Crippen molar-refractivity contribution in [1.29, 1.82) is 0 Å². The van der Waals surface area contributed by atoms with Crippen molar-refractivity contribution in [2.75, 3.05) is 31.1 Å². The first-order chi connectivity index (χ1) is 11.1. The Labute approximate surface area is 134 Å². The molecule has 1 fully saturated rings. The molecule has 1 amide bonds. The van der Waals surface area contributed by atoms with Crippen molar-refractivity contribution >= 4 is 11.6 Å². The number of H-pyrrole nitrogens is 1. The van der Waals surface area contributed by atoms with Crippen molar-refractivity contribution in [3.8, 4) is 0 Å². The first-order valence-corrected chi connectivity index (χ1v) is 7.79. The van der Waals surface area contributed by atoms with Crippen molar-refractivity contribution < 1.29 is 4.79 Å². The van der Waals surface area contributed by atoms with Crippen LogP contribution in [0.2, 0.25) is 0 Å². The third-order valence-corrected chi connectivity index (χ3v) is 4.06. The zero-order valence-electron chi connectivity index (χ0n) is 13.2. The van der Waals surface area contributed by atoms with Gasteiger partial charge in [-0.15, -0.1) is 0 Å². The lowest BCUT2D eigenvalue weighted by Gasteiger charge is -2.24. The molecular formula is C17H20N4O2. The van der Waals surface area contributed by atoms with Crippen LogP contribution < -0.4 is 10.5 Å². The molecule has 2 aromatic rings. The highest BCUT2D eigenvalue weighted by atomic mass is 16.2. The molecule has 0 aromatic carbocycles. The molecule has 6 heteroatoms. The van der Waals surface area contributed by atoms with Gasteiger partial charge in [0, 0.05) is 56.0 Å². The SMILES string of the molecule is Cc1cc(N2CCCN(C(=O)c3ccc(=O)[nH]c3)CC2)ccn1. The number of aromatic nitrogens is 2. The number of hydrogen-bond acceptors (Lipinski definition) is 4. The van der Waals surface area contributed by atoms with Crippen LogP contribution in [-0.4, -0.2) is 47.0 Å². The first kappa shape index (κ1) is 15.3. The van der Waals surface area contributed by atoms with Gasteiger partial charge in [0.15, 0.2) is 0 Å². The fourth-order valence-corrected chi connectivity index (χ4v) is 2.83. The molecule has 1 aliphatic heterocycles. The molecule has 23 heavy (non-hydrogen) atoms. The molecule has 0 radical (unpaired) electrons. The Morgan fingerprint density at radius 3 is 2.78 bits per heavy atom. The summed E-state index contributed by atoms with van der Waals surface area (Å²) in [5.41, 5.74) is 2.47. The Morgan fingerprint density at radius 2 is 2.04 bits per heavy atom. The van der Waals surface area contributed by atoms with Crippen LogP contribution in [0.15, 0.2) is 41.5 Å². The largest absolute Gasteiger partial charge is 0.370 e. The summed E-state index contributed by atoms with van der Waals surface area (Å²) < 4.78 is 0. The molecule has 0 atom stereocenters. The summed E-state index contributed by atoms with van der Waals surface area (Å²) in [6.45, 7) is 5.07. The number of aryl methyl sites for hydroxylation is 1. The molecule has 6 nitrogen and oxygen atoms in total. The number of rotatable bonds is 2. The van der Waals surface area contributed by atoms with E-state index in [0.29, 0.717) is 12.1 Å². The number of carbonyl (C=O) groups is 1. The Balaban J connectivity index is 1.69. The number of aromatic amines is 1. The lowest BCUT2D eigenvalue weighted by atomic mass is 10.2. The average Bonchev–Trinajstić information content (AvgIpc) is 2.81. The van der Waals surface area contributed by atoms with Crippen molar-refractivity contribution in [3.05, 3.63) is 58.3 Å². The number of hydrogen-bond donors (Lipinski definition) is 1. The molecule has 2 aromatic heterocycles. The fourth-order valence-electron chi connectivity index (χ4n) is 2.83. The van der Waals surface area contributed by atoms with Gasteiger partial charge in [-0.25, -0.2) is 0 Å². The highest BCUT2D eigenvalue weighted by molar-refractivity contribution is 5.93. The van der Waals surface area contributed by atoms with Crippen molar-refractivity contribution in [2.24, 2.45) is 0 Å². The Hall–Kier alpha value is -2.63. The molecule has 0 bridgehead atoms. The maximum Gasteiger partial charge on any atom is 0.255 e. The van der Waals surface area contributed by atoms with E-state index in [2.05, 4.69) is 20.9 Å². The number of amides is 1. The summed E-state index contributed by atoms with van der Waals surface area (Å²) in [7, 11) is 0. The van der Waals surface area contributed by atoms with E-state index in [1.807, 2.05) is 24.1 Å². The van der Waals surface area contributed by atoms with Gasteiger partial charge in [-0.1, -0.05) is 0 Å². The van der Waals surface area contributed by atoms with E-state index in [4.69, 9.17) is 0 Å². The minimum Gasteiger partial charge on any atom is -0.370 e. The molecule has 0 aliphatic carbocycles. The molecule has 0 saturated carbocycles. The quantitative estimate of drug-likeness (QED) is 0.911. The smallest absolute Gasteiger partial charge is 0.255 e. The second-order valence-corrected chi connectivity index (χ2v) is 5.73. The van der Waals surface area contributed by atoms with Crippen LogP contribution in [0.3, 0.4) is 0 Å². The highest BCUT2D eigenvalue weighted by Gasteiger charge is 2.20. The number of nitrogens with zero attached hydrogens (tertiary/aromatic N) is 3. The minimum atomic E-state index is -0.198. The normalized spacial score (nSPS) is 15.3. The van der Waals surface area contributed by atoms with Crippen LogP contribution in [-0.2, 0) is 0 Å². The first-order valence-electron chi connectivity index (χ1n) is 7.79. The maximum absolute atomic E-state index is 12.5.